The average molecular weight is 269 g/mol. The number of benzene rings is 2. The number of phenolic OH excluding ortho intramolecular Hbond substituents is 1. The van der Waals surface area contributed by atoms with Crippen LogP contribution < -0.4 is 4.90 Å². The van der Waals surface area contributed by atoms with Crippen molar-refractivity contribution in [2.24, 2.45) is 0 Å². The van der Waals surface area contributed by atoms with Crippen LogP contribution in [-0.4, -0.2) is 12.2 Å². The lowest BCUT2D eigenvalue weighted by Crippen LogP contribution is -2.24. The Morgan fingerprint density at radius 1 is 1.10 bits per heavy atom. The summed E-state index contributed by atoms with van der Waals surface area (Å²) in [6.07, 6.45) is 0.946. The van der Waals surface area contributed by atoms with Gasteiger partial charge in [-0.1, -0.05) is 42.8 Å². The van der Waals surface area contributed by atoms with Gasteiger partial charge in [0.1, 0.15) is 5.75 Å². The molecule has 2 rings (SSSR count). The predicted octanol–water partition coefficient (Wildman–Crippen LogP) is 4.60. The number of anilines is 1. The molecule has 20 heavy (non-hydrogen) atoms. The van der Waals surface area contributed by atoms with Crippen molar-refractivity contribution in [3.63, 3.8) is 0 Å². The fraction of sp³-hybridized carbons (Fsp3) is 0.333. The monoisotopic (exact) mass is 269 g/mol. The molecule has 1 atom stereocenters. The van der Waals surface area contributed by atoms with Gasteiger partial charge < -0.3 is 10.0 Å². The van der Waals surface area contributed by atoms with Crippen molar-refractivity contribution in [2.45, 2.75) is 33.2 Å². The number of phenols is 1. The van der Waals surface area contributed by atoms with Crippen LogP contribution in [0.15, 0.2) is 42.5 Å². The van der Waals surface area contributed by atoms with Gasteiger partial charge in [-0.15, -0.1) is 0 Å². The first-order chi connectivity index (χ1) is 9.54. The number of nitrogens with zero attached hydrogens (tertiary/aromatic N) is 1. The zero-order valence-electron chi connectivity index (χ0n) is 12.7. The summed E-state index contributed by atoms with van der Waals surface area (Å²) in [5, 5.41) is 10.1. The van der Waals surface area contributed by atoms with E-state index in [2.05, 4.69) is 50.9 Å². The van der Waals surface area contributed by atoms with Gasteiger partial charge in [0.25, 0.3) is 0 Å². The minimum absolute atomic E-state index is 0.178. The van der Waals surface area contributed by atoms with Crippen LogP contribution in [0.4, 0.5) is 5.69 Å². The maximum atomic E-state index is 10.1. The Labute approximate surface area is 121 Å². The number of aryl methyl sites for hydroxylation is 2. The summed E-state index contributed by atoms with van der Waals surface area (Å²) in [5.41, 5.74) is 4.74. The van der Waals surface area contributed by atoms with Gasteiger partial charge in [0.15, 0.2) is 0 Å². The lowest BCUT2D eigenvalue weighted by atomic mass is 10.00. The van der Waals surface area contributed by atoms with Crippen molar-refractivity contribution < 1.29 is 5.11 Å². The summed E-state index contributed by atoms with van der Waals surface area (Å²) in [4.78, 5) is 2.25. The van der Waals surface area contributed by atoms with E-state index < -0.39 is 0 Å². The Hall–Kier alpha value is -1.96. The first-order valence-electron chi connectivity index (χ1n) is 7.12. The van der Waals surface area contributed by atoms with Crippen molar-refractivity contribution in [1.29, 1.82) is 0 Å². The molecule has 0 bridgehead atoms. The van der Waals surface area contributed by atoms with E-state index in [0.717, 1.165) is 12.0 Å². The largest absolute Gasteiger partial charge is 0.508 e. The minimum Gasteiger partial charge on any atom is -0.508 e. The van der Waals surface area contributed by atoms with Gasteiger partial charge in [-0.05, 0) is 38.0 Å². The van der Waals surface area contributed by atoms with Crippen LogP contribution in [0.2, 0.25) is 0 Å². The first kappa shape index (κ1) is 14.4. The average Bonchev–Trinajstić information content (AvgIpc) is 2.41. The Morgan fingerprint density at radius 2 is 1.80 bits per heavy atom. The van der Waals surface area contributed by atoms with E-state index in [0.29, 0.717) is 5.75 Å². The zero-order chi connectivity index (χ0) is 14.7. The van der Waals surface area contributed by atoms with Gasteiger partial charge in [-0.25, -0.2) is 0 Å². The van der Waals surface area contributed by atoms with Crippen LogP contribution in [0.1, 0.15) is 36.1 Å². The number of hydrogen-bond acceptors (Lipinski definition) is 2. The van der Waals surface area contributed by atoms with E-state index in [9.17, 15) is 5.11 Å². The summed E-state index contributed by atoms with van der Waals surface area (Å²) in [6, 6.07) is 14.3. The maximum absolute atomic E-state index is 10.1. The number of aromatic hydroxyl groups is 1. The lowest BCUT2D eigenvalue weighted by Gasteiger charge is -2.31. The molecule has 0 radical (unpaired) electrons. The third-order valence-corrected chi connectivity index (χ3v) is 3.88. The summed E-state index contributed by atoms with van der Waals surface area (Å²) >= 11 is 0. The van der Waals surface area contributed by atoms with Crippen molar-refractivity contribution >= 4 is 5.69 Å². The first-order valence-corrected chi connectivity index (χ1v) is 7.12. The normalized spacial score (nSPS) is 12.2. The Morgan fingerprint density at radius 3 is 2.40 bits per heavy atom. The fourth-order valence-electron chi connectivity index (χ4n) is 2.84. The summed E-state index contributed by atoms with van der Waals surface area (Å²) < 4.78 is 0. The van der Waals surface area contributed by atoms with Gasteiger partial charge in [-0.3, -0.25) is 0 Å². The molecule has 0 amide bonds. The predicted molar refractivity (Wildman–Crippen MR) is 85.5 cm³/mol. The second-order valence-electron chi connectivity index (χ2n) is 5.38. The molecule has 0 aliphatic carbocycles. The van der Waals surface area contributed by atoms with Gasteiger partial charge >= 0.3 is 0 Å². The summed E-state index contributed by atoms with van der Waals surface area (Å²) in [6.45, 7) is 6.39. The third-order valence-electron chi connectivity index (χ3n) is 3.88. The van der Waals surface area contributed by atoms with Crippen LogP contribution in [-0.2, 0) is 0 Å². The highest BCUT2D eigenvalue weighted by Gasteiger charge is 2.19. The molecule has 1 unspecified atom stereocenters. The van der Waals surface area contributed by atoms with E-state index in [1.807, 2.05) is 18.2 Å². The van der Waals surface area contributed by atoms with Crippen LogP contribution in [0.25, 0.3) is 0 Å². The molecule has 2 heteroatoms. The topological polar surface area (TPSA) is 23.5 Å². The van der Waals surface area contributed by atoms with E-state index in [4.69, 9.17) is 0 Å². The molecule has 0 heterocycles. The van der Waals surface area contributed by atoms with Crippen molar-refractivity contribution in [3.8, 4) is 5.75 Å². The second kappa shape index (κ2) is 6.00. The lowest BCUT2D eigenvalue weighted by molar-refractivity contribution is 0.458. The molecule has 0 saturated carbocycles. The molecule has 2 nitrogen and oxygen atoms in total. The fourth-order valence-corrected chi connectivity index (χ4v) is 2.84. The van der Waals surface area contributed by atoms with E-state index in [1.165, 1.54) is 16.8 Å². The molecule has 0 fully saturated rings. The molecule has 2 aromatic rings. The maximum Gasteiger partial charge on any atom is 0.120 e. The highest BCUT2D eigenvalue weighted by molar-refractivity contribution is 5.56. The summed E-state index contributed by atoms with van der Waals surface area (Å²) in [7, 11) is 2.10. The number of hydrogen-bond donors (Lipinski definition) is 1. The SMILES string of the molecule is CCC(c1ccccc1O)N(C)c1ccc(C)cc1C. The zero-order valence-corrected chi connectivity index (χ0v) is 12.7. The quantitative estimate of drug-likeness (QED) is 0.877. The molecule has 0 aliphatic rings. The molecule has 0 aliphatic heterocycles. The number of rotatable bonds is 4. The standard InChI is InChI=1S/C18H23NO/c1-5-16(15-8-6-7-9-18(15)20)19(4)17-11-10-13(2)12-14(17)3/h6-12,16,20H,5H2,1-4H3. The molecule has 1 N–H and O–H groups in total. The van der Waals surface area contributed by atoms with Gasteiger partial charge in [0.05, 0.1) is 6.04 Å². The van der Waals surface area contributed by atoms with Gasteiger partial charge in [0, 0.05) is 18.3 Å². The Kier molecular flexibility index (Phi) is 4.33. The molecular weight excluding hydrogens is 246 g/mol. The van der Waals surface area contributed by atoms with E-state index in [1.54, 1.807) is 6.07 Å². The van der Waals surface area contributed by atoms with E-state index >= 15 is 0 Å². The number of para-hydroxylation sites is 1. The van der Waals surface area contributed by atoms with Crippen LogP contribution in [0.3, 0.4) is 0 Å². The Bertz CT molecular complexity index is 592. The highest BCUT2D eigenvalue weighted by Crippen LogP contribution is 2.34. The van der Waals surface area contributed by atoms with Crippen molar-refractivity contribution in [3.05, 3.63) is 59.2 Å². The van der Waals surface area contributed by atoms with Gasteiger partial charge in [0.2, 0.25) is 0 Å². The molecule has 0 spiro atoms. The molecular formula is C18H23NO. The van der Waals surface area contributed by atoms with Gasteiger partial charge in [-0.2, -0.15) is 0 Å². The molecule has 0 saturated heterocycles. The van der Waals surface area contributed by atoms with Crippen molar-refractivity contribution in [1.82, 2.24) is 0 Å². The third kappa shape index (κ3) is 2.79. The minimum atomic E-state index is 0.178. The molecule has 106 valence electrons. The second-order valence-corrected chi connectivity index (χ2v) is 5.38. The molecule has 0 aromatic heterocycles. The van der Waals surface area contributed by atoms with Crippen LogP contribution in [0.5, 0.6) is 5.75 Å². The van der Waals surface area contributed by atoms with Crippen LogP contribution in [0, 0.1) is 13.8 Å². The van der Waals surface area contributed by atoms with E-state index in [-0.39, 0.29) is 6.04 Å². The summed E-state index contributed by atoms with van der Waals surface area (Å²) in [5.74, 6) is 0.371. The van der Waals surface area contributed by atoms with Crippen molar-refractivity contribution in [2.75, 3.05) is 11.9 Å². The smallest absolute Gasteiger partial charge is 0.120 e. The highest BCUT2D eigenvalue weighted by atomic mass is 16.3. The van der Waals surface area contributed by atoms with Crippen LogP contribution >= 0.6 is 0 Å². The Balaban J connectivity index is 2.39. The molecule has 2 aromatic carbocycles.